The predicted octanol–water partition coefficient (Wildman–Crippen LogP) is 2.61. The van der Waals surface area contributed by atoms with Gasteiger partial charge < -0.3 is 4.90 Å². The molecule has 2 rings (SSSR count). The highest BCUT2D eigenvalue weighted by Crippen LogP contribution is 2.26. The lowest BCUT2D eigenvalue weighted by molar-refractivity contribution is 0.212. The molecule has 5 heteroatoms. The molecule has 1 aromatic heterocycles. The van der Waals surface area contributed by atoms with Crippen molar-refractivity contribution >= 4 is 17.4 Å². The number of piperazine rings is 1. The zero-order chi connectivity index (χ0) is 13.8. The molecule has 1 aliphatic rings. The number of aromatic nitrogens is 2. The zero-order valence-corrected chi connectivity index (χ0v) is 12.8. The average Bonchev–Trinajstić information content (AvgIpc) is 2.42. The van der Waals surface area contributed by atoms with E-state index in [9.17, 15) is 0 Å². The minimum Gasteiger partial charge on any atom is -0.353 e. The van der Waals surface area contributed by atoms with E-state index in [2.05, 4.69) is 40.7 Å². The van der Waals surface area contributed by atoms with Crippen LogP contribution in [0.25, 0.3) is 0 Å². The molecule has 0 aliphatic carbocycles. The summed E-state index contributed by atoms with van der Waals surface area (Å²) < 4.78 is 0. The van der Waals surface area contributed by atoms with Crippen molar-refractivity contribution in [3.63, 3.8) is 0 Å². The van der Waals surface area contributed by atoms with Gasteiger partial charge in [0.1, 0.15) is 17.3 Å². The summed E-state index contributed by atoms with van der Waals surface area (Å²) in [6.45, 7) is 7.51. The summed E-state index contributed by atoms with van der Waals surface area (Å²) in [6.07, 6.45) is 4.74. The topological polar surface area (TPSA) is 32.3 Å². The van der Waals surface area contributed by atoms with Crippen LogP contribution in [0.4, 0.5) is 5.82 Å². The first-order valence-electron chi connectivity index (χ1n) is 7.11. The molecule has 19 heavy (non-hydrogen) atoms. The number of rotatable bonds is 4. The largest absolute Gasteiger partial charge is 0.353 e. The molecule has 0 amide bonds. The maximum atomic E-state index is 6.24. The first kappa shape index (κ1) is 14.5. The van der Waals surface area contributed by atoms with Crippen molar-refractivity contribution in [3.05, 3.63) is 17.0 Å². The molecule has 0 radical (unpaired) electrons. The molecule has 4 nitrogen and oxygen atoms in total. The Hall–Kier alpha value is -0.870. The van der Waals surface area contributed by atoms with E-state index in [0.717, 1.165) is 50.3 Å². The van der Waals surface area contributed by atoms with Gasteiger partial charge in [-0.25, -0.2) is 9.97 Å². The first-order valence-corrected chi connectivity index (χ1v) is 7.49. The molecule has 1 unspecified atom stereocenters. The summed E-state index contributed by atoms with van der Waals surface area (Å²) in [4.78, 5) is 13.4. The zero-order valence-electron chi connectivity index (χ0n) is 12.1. The maximum absolute atomic E-state index is 6.24. The molecule has 1 aromatic rings. The fraction of sp³-hybridized carbons (Fsp3) is 0.714. The third-order valence-electron chi connectivity index (χ3n) is 3.92. The Kier molecular flexibility index (Phi) is 4.99. The second-order valence-electron chi connectivity index (χ2n) is 5.21. The number of hydrogen-bond acceptors (Lipinski definition) is 4. The van der Waals surface area contributed by atoms with Crippen molar-refractivity contribution in [1.29, 1.82) is 0 Å². The lowest BCUT2D eigenvalue weighted by Crippen LogP contribution is -2.51. The Morgan fingerprint density at radius 1 is 1.32 bits per heavy atom. The Bertz CT molecular complexity index is 424. The number of nitrogens with zero attached hydrogens (tertiary/aromatic N) is 4. The number of hydrogen-bond donors (Lipinski definition) is 0. The molecular formula is C14H23ClN4. The van der Waals surface area contributed by atoms with Crippen molar-refractivity contribution in [3.8, 4) is 0 Å². The van der Waals surface area contributed by atoms with Crippen molar-refractivity contribution in [2.24, 2.45) is 0 Å². The minimum atomic E-state index is 0.594. The molecule has 1 fully saturated rings. The van der Waals surface area contributed by atoms with Crippen LogP contribution in [0.3, 0.4) is 0 Å². The van der Waals surface area contributed by atoms with E-state index in [1.807, 2.05) is 0 Å². The number of anilines is 1. The van der Waals surface area contributed by atoms with Crippen LogP contribution in [0.5, 0.6) is 0 Å². The van der Waals surface area contributed by atoms with Gasteiger partial charge in [-0.2, -0.15) is 0 Å². The quantitative estimate of drug-likeness (QED) is 0.795. The fourth-order valence-electron chi connectivity index (χ4n) is 2.70. The number of halogens is 1. The first-order chi connectivity index (χ1) is 9.17. The van der Waals surface area contributed by atoms with E-state index in [1.165, 1.54) is 0 Å². The van der Waals surface area contributed by atoms with Crippen LogP contribution in [-0.4, -0.2) is 47.6 Å². The summed E-state index contributed by atoms with van der Waals surface area (Å²) in [7, 11) is 2.20. The summed E-state index contributed by atoms with van der Waals surface area (Å²) in [5.41, 5.74) is 1.10. The average molecular weight is 283 g/mol. The molecule has 0 spiro atoms. The second kappa shape index (κ2) is 6.53. The van der Waals surface area contributed by atoms with Crippen LogP contribution in [0.1, 0.15) is 32.3 Å². The van der Waals surface area contributed by atoms with E-state index in [1.54, 1.807) is 6.33 Å². The Labute approximate surface area is 120 Å². The van der Waals surface area contributed by atoms with Crippen molar-refractivity contribution < 1.29 is 0 Å². The standard InChI is InChI=1S/C14H23ClN4/c1-4-6-12-13(15)16-10-17-14(12)19-8-7-18(3)11(5-2)9-19/h10-11H,4-9H2,1-3H3. The SMILES string of the molecule is CCCc1c(Cl)ncnc1N1CCN(C)C(CC)C1. The van der Waals surface area contributed by atoms with Crippen LogP contribution in [-0.2, 0) is 6.42 Å². The summed E-state index contributed by atoms with van der Waals surface area (Å²) in [6, 6.07) is 0.594. The van der Waals surface area contributed by atoms with Crippen molar-refractivity contribution in [1.82, 2.24) is 14.9 Å². The van der Waals surface area contributed by atoms with Crippen LogP contribution < -0.4 is 4.90 Å². The molecule has 0 aromatic carbocycles. The maximum Gasteiger partial charge on any atom is 0.137 e. The minimum absolute atomic E-state index is 0.594. The summed E-state index contributed by atoms with van der Waals surface area (Å²) >= 11 is 6.24. The third kappa shape index (κ3) is 3.18. The van der Waals surface area contributed by atoms with E-state index < -0.39 is 0 Å². The van der Waals surface area contributed by atoms with Gasteiger partial charge in [-0.1, -0.05) is 31.9 Å². The molecule has 0 bridgehead atoms. The monoisotopic (exact) mass is 282 g/mol. The second-order valence-corrected chi connectivity index (χ2v) is 5.56. The van der Waals surface area contributed by atoms with Crippen LogP contribution >= 0.6 is 11.6 Å². The van der Waals surface area contributed by atoms with Gasteiger partial charge in [-0.05, 0) is 19.9 Å². The van der Waals surface area contributed by atoms with E-state index in [0.29, 0.717) is 11.2 Å². The van der Waals surface area contributed by atoms with Crippen LogP contribution in [0.15, 0.2) is 6.33 Å². The lowest BCUT2D eigenvalue weighted by Gasteiger charge is -2.40. The van der Waals surface area contributed by atoms with E-state index >= 15 is 0 Å². The van der Waals surface area contributed by atoms with Gasteiger partial charge in [0, 0.05) is 31.2 Å². The van der Waals surface area contributed by atoms with Gasteiger partial charge in [-0.3, -0.25) is 4.90 Å². The highest BCUT2D eigenvalue weighted by Gasteiger charge is 2.25. The molecule has 2 heterocycles. The van der Waals surface area contributed by atoms with Gasteiger partial charge in [-0.15, -0.1) is 0 Å². The van der Waals surface area contributed by atoms with Gasteiger partial charge in [0.25, 0.3) is 0 Å². The number of likely N-dealkylation sites (N-methyl/N-ethyl adjacent to an activating group) is 1. The highest BCUT2D eigenvalue weighted by molar-refractivity contribution is 6.30. The van der Waals surface area contributed by atoms with Crippen LogP contribution in [0, 0.1) is 0 Å². The molecule has 106 valence electrons. The van der Waals surface area contributed by atoms with Gasteiger partial charge in [0.15, 0.2) is 0 Å². The van der Waals surface area contributed by atoms with E-state index in [4.69, 9.17) is 11.6 Å². The summed E-state index contributed by atoms with van der Waals surface area (Å²) in [5.74, 6) is 1.04. The molecule has 1 saturated heterocycles. The molecular weight excluding hydrogens is 260 g/mol. The predicted molar refractivity (Wildman–Crippen MR) is 80.0 cm³/mol. The molecule has 0 N–H and O–H groups in total. The molecule has 1 aliphatic heterocycles. The Morgan fingerprint density at radius 3 is 2.79 bits per heavy atom. The Morgan fingerprint density at radius 2 is 2.11 bits per heavy atom. The lowest BCUT2D eigenvalue weighted by atomic mass is 10.1. The fourth-order valence-corrected chi connectivity index (χ4v) is 2.92. The highest BCUT2D eigenvalue weighted by atomic mass is 35.5. The van der Waals surface area contributed by atoms with Gasteiger partial charge in [0.05, 0.1) is 0 Å². The molecule has 1 atom stereocenters. The smallest absolute Gasteiger partial charge is 0.137 e. The third-order valence-corrected chi connectivity index (χ3v) is 4.24. The van der Waals surface area contributed by atoms with Gasteiger partial charge in [0.2, 0.25) is 0 Å². The van der Waals surface area contributed by atoms with E-state index in [-0.39, 0.29) is 0 Å². The molecule has 0 saturated carbocycles. The normalized spacial score (nSPS) is 20.8. The Balaban J connectivity index is 2.24. The van der Waals surface area contributed by atoms with Gasteiger partial charge >= 0.3 is 0 Å². The van der Waals surface area contributed by atoms with Crippen molar-refractivity contribution in [2.75, 3.05) is 31.6 Å². The summed E-state index contributed by atoms with van der Waals surface area (Å²) in [5, 5.41) is 0.610. The van der Waals surface area contributed by atoms with Crippen LogP contribution in [0.2, 0.25) is 5.15 Å². The van der Waals surface area contributed by atoms with Crippen molar-refractivity contribution in [2.45, 2.75) is 39.2 Å².